The Balaban J connectivity index is -0.0000000899. The molecule has 30 heavy (non-hydrogen) atoms. The molecule has 0 aromatic rings. The standard InChI is InChI=1S/2C6H12O2.C5H12.C4H8O2.C2H6O/c1-4-8-6(7)5(2)3;1-3-5-6(7)8-4-2;1-4-5(2)3;1-3-6-4(2)5;1-2-3/h5H,4H2,1-3H3;3-5H2,1-2H3;5H,4H2,1-3H3;3H2,1-2H3;3H,2H2,1H3. The number of carbonyl (C=O) groups is 3. The van der Waals surface area contributed by atoms with E-state index < -0.39 is 0 Å². The van der Waals surface area contributed by atoms with Gasteiger partial charge in [0.1, 0.15) is 0 Å². The number of rotatable bonds is 7. The molecule has 7 nitrogen and oxygen atoms in total. The van der Waals surface area contributed by atoms with Crippen LogP contribution < -0.4 is 0 Å². The van der Waals surface area contributed by atoms with Crippen LogP contribution in [0.2, 0.25) is 0 Å². The fraction of sp³-hybridized carbons (Fsp3) is 0.870. The van der Waals surface area contributed by atoms with Crippen molar-refractivity contribution >= 4 is 17.9 Å². The van der Waals surface area contributed by atoms with Gasteiger partial charge in [0.15, 0.2) is 0 Å². The van der Waals surface area contributed by atoms with Crippen molar-refractivity contribution in [3.63, 3.8) is 0 Å². The Bertz CT molecular complexity index is 345. The van der Waals surface area contributed by atoms with Crippen LogP contribution >= 0.6 is 0 Å². The summed E-state index contributed by atoms with van der Waals surface area (Å²) in [5.74, 6) is 0.477. The van der Waals surface area contributed by atoms with E-state index in [1.165, 1.54) is 13.3 Å². The number of aliphatic hydroxyl groups excluding tert-OH is 1. The summed E-state index contributed by atoms with van der Waals surface area (Å²) in [5.41, 5.74) is 0. The molecule has 0 saturated heterocycles. The summed E-state index contributed by atoms with van der Waals surface area (Å²) in [6.07, 6.45) is 2.73. The third kappa shape index (κ3) is 63.3. The Morgan fingerprint density at radius 1 is 0.767 bits per heavy atom. The van der Waals surface area contributed by atoms with Crippen molar-refractivity contribution in [2.45, 2.75) is 95.4 Å². The molecule has 184 valence electrons. The number of esters is 3. The van der Waals surface area contributed by atoms with Gasteiger partial charge in [-0.05, 0) is 40.0 Å². The van der Waals surface area contributed by atoms with E-state index in [2.05, 4.69) is 35.0 Å². The predicted octanol–water partition coefficient (Wildman–Crippen LogP) is 5.18. The van der Waals surface area contributed by atoms with E-state index >= 15 is 0 Å². The minimum atomic E-state index is -0.211. The van der Waals surface area contributed by atoms with E-state index in [9.17, 15) is 14.4 Å². The van der Waals surface area contributed by atoms with E-state index in [1.54, 1.807) is 20.8 Å². The van der Waals surface area contributed by atoms with Crippen LogP contribution in [-0.4, -0.2) is 49.4 Å². The lowest BCUT2D eigenvalue weighted by Gasteiger charge is -2.01. The first-order valence-electron chi connectivity index (χ1n) is 11.0. The number of hydrogen-bond acceptors (Lipinski definition) is 7. The Hall–Kier alpha value is -1.63. The van der Waals surface area contributed by atoms with E-state index in [-0.39, 0.29) is 30.4 Å². The molecule has 0 aromatic carbocycles. The van der Waals surface area contributed by atoms with Crippen LogP contribution in [0.5, 0.6) is 0 Å². The zero-order chi connectivity index (χ0) is 25.0. The van der Waals surface area contributed by atoms with Crippen molar-refractivity contribution in [1.29, 1.82) is 0 Å². The van der Waals surface area contributed by atoms with Gasteiger partial charge >= 0.3 is 17.9 Å². The summed E-state index contributed by atoms with van der Waals surface area (Å²) in [5, 5.41) is 7.57. The molecule has 0 saturated carbocycles. The molecule has 0 spiro atoms. The quantitative estimate of drug-likeness (QED) is 0.432. The molecule has 0 unspecified atom stereocenters. The summed E-state index contributed by atoms with van der Waals surface area (Å²) >= 11 is 0. The SMILES string of the molecule is CCC(C)C.CCCC(=O)OCC.CCO.CCOC(=O)C(C)C.CCOC(C)=O. The van der Waals surface area contributed by atoms with Crippen LogP contribution in [-0.2, 0) is 28.6 Å². The van der Waals surface area contributed by atoms with Crippen LogP contribution in [0.1, 0.15) is 95.4 Å². The van der Waals surface area contributed by atoms with Gasteiger partial charge in [-0.15, -0.1) is 0 Å². The maximum Gasteiger partial charge on any atom is 0.308 e. The van der Waals surface area contributed by atoms with Gasteiger partial charge in [-0.2, -0.15) is 0 Å². The second kappa shape index (κ2) is 34.8. The van der Waals surface area contributed by atoms with E-state index in [0.29, 0.717) is 26.2 Å². The van der Waals surface area contributed by atoms with Crippen molar-refractivity contribution < 1.29 is 33.7 Å². The molecule has 1 N–H and O–H groups in total. The molecule has 0 fully saturated rings. The first kappa shape index (κ1) is 38.9. The summed E-state index contributed by atoms with van der Waals surface area (Å²) in [6.45, 7) is 22.4. The van der Waals surface area contributed by atoms with Gasteiger partial charge in [-0.25, -0.2) is 0 Å². The lowest BCUT2D eigenvalue weighted by atomic mass is 10.2. The average molecular weight is 439 g/mol. The second-order valence-corrected chi connectivity index (χ2v) is 6.50. The fourth-order valence-electron chi connectivity index (χ4n) is 0.949. The van der Waals surface area contributed by atoms with Crippen LogP contribution in [0, 0.1) is 11.8 Å². The van der Waals surface area contributed by atoms with Crippen LogP contribution in [0.4, 0.5) is 0 Å². The molecule has 0 atom stereocenters. The highest BCUT2D eigenvalue weighted by atomic mass is 16.5. The number of carbonyl (C=O) groups excluding carboxylic acids is 3. The largest absolute Gasteiger partial charge is 0.466 e. The normalized spacial score (nSPS) is 8.60. The van der Waals surface area contributed by atoms with E-state index in [4.69, 9.17) is 5.11 Å². The third-order valence-electron chi connectivity index (χ3n) is 2.68. The number of aliphatic hydroxyl groups is 1. The fourth-order valence-corrected chi connectivity index (χ4v) is 0.949. The molecule has 7 heteroatoms. The van der Waals surface area contributed by atoms with Crippen molar-refractivity contribution in [2.75, 3.05) is 26.4 Å². The smallest absolute Gasteiger partial charge is 0.308 e. The highest BCUT2D eigenvalue weighted by Crippen LogP contribution is 1.94. The Kier molecular flexibility index (Phi) is 45.2. The average Bonchev–Trinajstić information content (AvgIpc) is 2.64. The minimum Gasteiger partial charge on any atom is -0.466 e. The van der Waals surface area contributed by atoms with Gasteiger partial charge in [0.2, 0.25) is 0 Å². The third-order valence-corrected chi connectivity index (χ3v) is 2.68. The molecule has 0 heterocycles. The molecular weight excluding hydrogens is 388 g/mol. The number of hydrogen-bond donors (Lipinski definition) is 1. The lowest BCUT2D eigenvalue weighted by molar-refractivity contribution is -0.147. The van der Waals surface area contributed by atoms with Crippen LogP contribution in [0.15, 0.2) is 0 Å². The van der Waals surface area contributed by atoms with E-state index in [0.717, 1.165) is 12.3 Å². The number of ether oxygens (including phenoxy) is 3. The summed E-state index contributed by atoms with van der Waals surface area (Å²) in [4.78, 5) is 30.8. The van der Waals surface area contributed by atoms with Crippen molar-refractivity contribution in [2.24, 2.45) is 11.8 Å². The van der Waals surface area contributed by atoms with Gasteiger partial charge in [0, 0.05) is 20.0 Å². The summed E-state index contributed by atoms with van der Waals surface area (Å²) < 4.78 is 13.7. The zero-order valence-corrected chi connectivity index (χ0v) is 21.5. The molecule has 0 aliphatic rings. The van der Waals surface area contributed by atoms with Gasteiger partial charge in [-0.3, -0.25) is 14.4 Å². The minimum absolute atomic E-state index is 0.00921. The first-order chi connectivity index (χ1) is 13.9. The Morgan fingerprint density at radius 2 is 1.13 bits per heavy atom. The molecule has 0 aliphatic heterocycles. The lowest BCUT2D eigenvalue weighted by Crippen LogP contribution is -2.10. The van der Waals surface area contributed by atoms with Crippen LogP contribution in [0.25, 0.3) is 0 Å². The topological polar surface area (TPSA) is 99.1 Å². The van der Waals surface area contributed by atoms with Crippen molar-refractivity contribution in [3.8, 4) is 0 Å². The summed E-state index contributed by atoms with van der Waals surface area (Å²) in [6, 6.07) is 0. The maximum atomic E-state index is 10.5. The van der Waals surface area contributed by atoms with Gasteiger partial charge in [0.25, 0.3) is 0 Å². The van der Waals surface area contributed by atoms with Crippen molar-refractivity contribution in [3.05, 3.63) is 0 Å². The van der Waals surface area contributed by atoms with Gasteiger partial charge < -0.3 is 19.3 Å². The predicted molar refractivity (Wildman–Crippen MR) is 123 cm³/mol. The van der Waals surface area contributed by atoms with Gasteiger partial charge in [-0.1, -0.05) is 48.0 Å². The molecule has 0 radical (unpaired) electrons. The van der Waals surface area contributed by atoms with Gasteiger partial charge in [0.05, 0.1) is 25.7 Å². The van der Waals surface area contributed by atoms with E-state index in [1.807, 2.05) is 27.7 Å². The molecule has 0 aromatic heterocycles. The highest BCUT2D eigenvalue weighted by Gasteiger charge is 2.04. The summed E-state index contributed by atoms with van der Waals surface area (Å²) in [7, 11) is 0. The Morgan fingerprint density at radius 3 is 1.27 bits per heavy atom. The molecule has 0 bridgehead atoms. The first-order valence-corrected chi connectivity index (χ1v) is 11.0. The highest BCUT2D eigenvalue weighted by molar-refractivity contribution is 5.71. The molecular formula is C23H50O7. The maximum absolute atomic E-state index is 10.5. The van der Waals surface area contributed by atoms with Crippen molar-refractivity contribution in [1.82, 2.24) is 0 Å². The molecule has 0 amide bonds. The molecule has 0 aliphatic carbocycles. The zero-order valence-electron chi connectivity index (χ0n) is 21.5. The molecule has 0 rings (SSSR count). The monoisotopic (exact) mass is 438 g/mol. The Labute approximate surface area is 185 Å². The second-order valence-electron chi connectivity index (χ2n) is 6.50. The van der Waals surface area contributed by atoms with Crippen LogP contribution in [0.3, 0.4) is 0 Å².